The Hall–Kier alpha value is -2.42. The lowest BCUT2D eigenvalue weighted by atomic mass is 10.2. The van der Waals surface area contributed by atoms with Crippen molar-refractivity contribution in [2.24, 2.45) is 0 Å². The van der Waals surface area contributed by atoms with Gasteiger partial charge in [0, 0.05) is 28.9 Å². The predicted molar refractivity (Wildman–Crippen MR) is 110 cm³/mol. The average molecular weight is 433 g/mol. The summed E-state index contributed by atoms with van der Waals surface area (Å²) in [7, 11) is 0. The first kappa shape index (κ1) is 18.9. The number of pyridine rings is 1. The van der Waals surface area contributed by atoms with E-state index in [0.717, 1.165) is 11.1 Å². The second-order valence-electron chi connectivity index (χ2n) is 5.86. The number of thiol groups is 1. The van der Waals surface area contributed by atoms with Gasteiger partial charge in [-0.05, 0) is 37.3 Å². The zero-order chi connectivity index (χ0) is 19.7. The summed E-state index contributed by atoms with van der Waals surface area (Å²) < 4.78 is 7.31. The molecule has 0 aliphatic carbocycles. The molecule has 142 valence electrons. The molecule has 0 saturated carbocycles. The maximum absolute atomic E-state index is 6.03. The Kier molecular flexibility index (Phi) is 5.34. The van der Waals surface area contributed by atoms with Crippen LogP contribution >= 0.6 is 35.8 Å². The summed E-state index contributed by atoms with van der Waals surface area (Å²) in [6, 6.07) is 10.8. The summed E-state index contributed by atoms with van der Waals surface area (Å²) in [6.07, 6.45) is 1.63. The molecule has 0 aliphatic rings. The van der Waals surface area contributed by atoms with Crippen LogP contribution in [0.4, 0.5) is 0 Å². The van der Waals surface area contributed by atoms with Crippen LogP contribution in [-0.4, -0.2) is 29.9 Å². The molecule has 7 nitrogen and oxygen atoms in total. The van der Waals surface area contributed by atoms with Gasteiger partial charge in [0.05, 0.1) is 0 Å². The maximum atomic E-state index is 6.03. The molecule has 0 saturated heterocycles. The van der Waals surface area contributed by atoms with Crippen molar-refractivity contribution < 1.29 is 4.52 Å². The van der Waals surface area contributed by atoms with Crippen molar-refractivity contribution in [2.75, 3.05) is 0 Å². The molecule has 0 spiro atoms. The van der Waals surface area contributed by atoms with E-state index >= 15 is 0 Å². The smallest absolute Gasteiger partial charge is 0.258 e. The minimum atomic E-state index is -0.518. The quantitative estimate of drug-likeness (QED) is 0.362. The number of benzene rings is 1. The molecule has 0 N–H and O–H groups in total. The van der Waals surface area contributed by atoms with Crippen molar-refractivity contribution >= 4 is 35.8 Å². The Balaban J connectivity index is 1.68. The van der Waals surface area contributed by atoms with Gasteiger partial charge in [-0.15, -0.1) is 10.2 Å². The third-order valence-corrected chi connectivity index (χ3v) is 4.99. The fraction of sp³-hybridized carbons (Fsp3) is 0.167. The number of nitrogens with zero attached hydrogens (tertiary/aromatic N) is 6. The second-order valence-corrected chi connectivity index (χ2v) is 7.20. The summed E-state index contributed by atoms with van der Waals surface area (Å²) in [6.45, 7) is 2.63. The highest BCUT2D eigenvalue weighted by Crippen LogP contribution is 2.30. The molecule has 4 rings (SSSR count). The zero-order valence-electron chi connectivity index (χ0n) is 14.6. The highest BCUT2D eigenvalue weighted by atomic mass is 35.5. The van der Waals surface area contributed by atoms with Crippen LogP contribution in [0.5, 0.6) is 0 Å². The number of aromatic nitrogens is 6. The first-order valence-corrected chi connectivity index (χ1v) is 9.66. The van der Waals surface area contributed by atoms with E-state index in [1.54, 1.807) is 24.4 Å². The molecule has 0 bridgehead atoms. The molecule has 10 heteroatoms. The SMILES string of the molecule is CCn1c(-c2ccnc(Cl)c2)nnc1C(S)c1noc(-c2cccc(Cl)c2)n1. The normalized spacial score (nSPS) is 12.3. The minimum Gasteiger partial charge on any atom is -0.334 e. The van der Waals surface area contributed by atoms with Gasteiger partial charge in [0.15, 0.2) is 17.5 Å². The summed E-state index contributed by atoms with van der Waals surface area (Å²) in [5, 5.41) is 13.1. The van der Waals surface area contributed by atoms with E-state index in [-0.39, 0.29) is 0 Å². The number of hydrogen-bond acceptors (Lipinski definition) is 7. The Morgan fingerprint density at radius 1 is 1.14 bits per heavy atom. The van der Waals surface area contributed by atoms with E-state index in [2.05, 4.69) is 38.0 Å². The van der Waals surface area contributed by atoms with Crippen LogP contribution in [0.25, 0.3) is 22.8 Å². The largest absolute Gasteiger partial charge is 0.334 e. The minimum absolute atomic E-state index is 0.361. The van der Waals surface area contributed by atoms with E-state index in [4.69, 9.17) is 27.7 Å². The fourth-order valence-corrected chi connectivity index (χ4v) is 3.44. The molecule has 0 amide bonds. The standard InChI is InChI=1S/C18H14Cl2N6OS/c1-2-26-16(10-6-7-21-13(20)9-10)23-24-17(26)14(28)15-22-18(27-25-15)11-4-3-5-12(19)8-11/h3-9,14,28H,2H2,1H3. The van der Waals surface area contributed by atoms with Gasteiger partial charge in [0.2, 0.25) is 0 Å². The lowest BCUT2D eigenvalue weighted by molar-refractivity contribution is 0.422. The van der Waals surface area contributed by atoms with Crippen molar-refractivity contribution in [2.45, 2.75) is 18.7 Å². The molecular formula is C18H14Cl2N6OS. The molecule has 0 fully saturated rings. The van der Waals surface area contributed by atoms with Crippen molar-refractivity contribution in [1.29, 1.82) is 0 Å². The molecule has 4 aromatic rings. The van der Waals surface area contributed by atoms with Crippen LogP contribution in [0, 0.1) is 0 Å². The lowest BCUT2D eigenvalue weighted by Gasteiger charge is -2.10. The average Bonchev–Trinajstić information content (AvgIpc) is 3.35. The van der Waals surface area contributed by atoms with Crippen molar-refractivity contribution in [1.82, 2.24) is 29.9 Å². The van der Waals surface area contributed by atoms with Crippen molar-refractivity contribution in [3.8, 4) is 22.8 Å². The molecule has 3 heterocycles. The highest BCUT2D eigenvalue weighted by molar-refractivity contribution is 7.80. The van der Waals surface area contributed by atoms with E-state index in [1.807, 2.05) is 29.7 Å². The van der Waals surface area contributed by atoms with Crippen LogP contribution in [0.15, 0.2) is 47.1 Å². The summed E-state index contributed by atoms with van der Waals surface area (Å²) in [5.41, 5.74) is 1.55. The Bertz CT molecular complexity index is 1130. The molecule has 0 aliphatic heterocycles. The molecule has 1 unspecified atom stereocenters. The van der Waals surface area contributed by atoms with Gasteiger partial charge in [-0.2, -0.15) is 17.6 Å². The number of halogens is 2. The second kappa shape index (κ2) is 7.90. The van der Waals surface area contributed by atoms with Gasteiger partial charge >= 0.3 is 0 Å². The first-order valence-electron chi connectivity index (χ1n) is 8.39. The van der Waals surface area contributed by atoms with Gasteiger partial charge in [-0.3, -0.25) is 0 Å². The van der Waals surface area contributed by atoms with E-state index < -0.39 is 5.25 Å². The van der Waals surface area contributed by atoms with Crippen LogP contribution in [0.1, 0.15) is 23.8 Å². The van der Waals surface area contributed by atoms with Crippen molar-refractivity contribution in [3.63, 3.8) is 0 Å². The molecule has 3 aromatic heterocycles. The summed E-state index contributed by atoms with van der Waals surface area (Å²) in [4.78, 5) is 8.44. The van der Waals surface area contributed by atoms with Crippen LogP contribution in [-0.2, 0) is 6.54 Å². The molecule has 28 heavy (non-hydrogen) atoms. The topological polar surface area (TPSA) is 82.5 Å². The predicted octanol–water partition coefficient (Wildman–Crippen LogP) is 4.74. The van der Waals surface area contributed by atoms with Gasteiger partial charge < -0.3 is 9.09 Å². The molecule has 0 radical (unpaired) electrons. The first-order chi connectivity index (χ1) is 13.6. The van der Waals surface area contributed by atoms with Crippen LogP contribution in [0.2, 0.25) is 10.2 Å². The number of rotatable bonds is 5. The molecule has 1 aromatic carbocycles. The maximum Gasteiger partial charge on any atom is 0.258 e. The summed E-state index contributed by atoms with van der Waals surface area (Å²) in [5.74, 6) is 2.02. The van der Waals surface area contributed by atoms with Gasteiger partial charge in [0.25, 0.3) is 5.89 Å². The lowest BCUT2D eigenvalue weighted by Crippen LogP contribution is -2.08. The van der Waals surface area contributed by atoms with E-state index in [9.17, 15) is 0 Å². The Morgan fingerprint density at radius 3 is 2.75 bits per heavy atom. The van der Waals surface area contributed by atoms with Gasteiger partial charge in [0.1, 0.15) is 10.4 Å². The number of hydrogen-bond donors (Lipinski definition) is 1. The fourth-order valence-electron chi connectivity index (χ4n) is 2.78. The molecule has 1 atom stereocenters. The van der Waals surface area contributed by atoms with Crippen molar-refractivity contribution in [3.05, 3.63) is 64.4 Å². The monoisotopic (exact) mass is 432 g/mol. The molecular weight excluding hydrogens is 419 g/mol. The van der Waals surface area contributed by atoms with Crippen LogP contribution < -0.4 is 0 Å². The highest BCUT2D eigenvalue weighted by Gasteiger charge is 2.25. The zero-order valence-corrected chi connectivity index (χ0v) is 17.0. The Labute approximate surface area is 176 Å². The third-order valence-electron chi connectivity index (χ3n) is 4.08. The van der Waals surface area contributed by atoms with Gasteiger partial charge in [-0.25, -0.2) is 4.98 Å². The van der Waals surface area contributed by atoms with E-state index in [0.29, 0.717) is 40.1 Å². The third kappa shape index (κ3) is 3.63. The van der Waals surface area contributed by atoms with Gasteiger partial charge in [-0.1, -0.05) is 34.4 Å². The Morgan fingerprint density at radius 2 is 2.00 bits per heavy atom. The van der Waals surface area contributed by atoms with Crippen LogP contribution in [0.3, 0.4) is 0 Å². The van der Waals surface area contributed by atoms with E-state index in [1.165, 1.54) is 0 Å². The summed E-state index contributed by atoms with van der Waals surface area (Å²) >= 11 is 16.7.